The zero-order chi connectivity index (χ0) is 17.3. The molecule has 0 saturated carbocycles. The summed E-state index contributed by atoms with van der Waals surface area (Å²) < 4.78 is 14.6. The Morgan fingerprint density at radius 3 is 2.46 bits per heavy atom. The van der Waals surface area contributed by atoms with Gasteiger partial charge in [-0.3, -0.25) is 9.48 Å². The van der Waals surface area contributed by atoms with Gasteiger partial charge in [0.05, 0.1) is 15.7 Å². The third kappa shape index (κ3) is 3.42. The maximum Gasteiger partial charge on any atom is 0.276 e. The van der Waals surface area contributed by atoms with E-state index in [-0.39, 0.29) is 17.4 Å². The Balaban J connectivity index is 1.84. The number of aryl methyl sites for hydroxylation is 1. The molecule has 0 atom stereocenters. The summed E-state index contributed by atoms with van der Waals surface area (Å²) in [6.45, 7) is 0. The quantitative estimate of drug-likeness (QED) is 0.727. The summed E-state index contributed by atoms with van der Waals surface area (Å²) in [6, 6.07) is 12.4. The van der Waals surface area contributed by atoms with Gasteiger partial charge in [-0.15, -0.1) is 0 Å². The highest BCUT2D eigenvalue weighted by molar-refractivity contribution is 6.42. The number of hydrogen-bond donors (Lipinski definition) is 1. The standard InChI is InChI=1S/C17H12Cl2FN3O/c1-23-16(10-2-4-11(20)5-3-10)9-15(22-23)17(24)21-12-6-7-13(18)14(19)8-12/h2-9H,1H3,(H,21,24). The Labute approximate surface area is 147 Å². The van der Waals surface area contributed by atoms with Crippen LogP contribution in [0, 0.1) is 5.82 Å². The van der Waals surface area contributed by atoms with E-state index in [2.05, 4.69) is 10.4 Å². The maximum atomic E-state index is 13.0. The van der Waals surface area contributed by atoms with Crippen LogP contribution in [0.15, 0.2) is 48.5 Å². The van der Waals surface area contributed by atoms with Gasteiger partial charge in [0.25, 0.3) is 5.91 Å². The lowest BCUT2D eigenvalue weighted by molar-refractivity contribution is 0.102. The van der Waals surface area contributed by atoms with E-state index >= 15 is 0 Å². The minimum absolute atomic E-state index is 0.239. The Morgan fingerprint density at radius 2 is 1.79 bits per heavy atom. The van der Waals surface area contributed by atoms with E-state index < -0.39 is 0 Å². The molecule has 0 radical (unpaired) electrons. The van der Waals surface area contributed by atoms with Gasteiger partial charge in [-0.1, -0.05) is 23.2 Å². The molecule has 1 aromatic heterocycles. The second-order valence-corrected chi connectivity index (χ2v) is 5.94. The largest absolute Gasteiger partial charge is 0.321 e. The maximum absolute atomic E-state index is 13.0. The van der Waals surface area contributed by atoms with E-state index in [1.165, 1.54) is 12.1 Å². The first-order chi connectivity index (χ1) is 11.4. The predicted octanol–water partition coefficient (Wildman–Crippen LogP) is 4.79. The highest BCUT2D eigenvalue weighted by Gasteiger charge is 2.14. The number of rotatable bonds is 3. The number of anilines is 1. The van der Waals surface area contributed by atoms with Crippen molar-refractivity contribution in [2.24, 2.45) is 7.05 Å². The van der Waals surface area contributed by atoms with E-state index in [1.54, 1.807) is 48.1 Å². The molecule has 1 heterocycles. The molecule has 24 heavy (non-hydrogen) atoms. The van der Waals surface area contributed by atoms with Gasteiger partial charge >= 0.3 is 0 Å². The third-order valence-corrected chi connectivity index (χ3v) is 4.17. The average Bonchev–Trinajstić information content (AvgIpc) is 2.94. The molecule has 0 aliphatic rings. The molecule has 0 unspecified atom stereocenters. The van der Waals surface area contributed by atoms with Crippen LogP contribution in [0.3, 0.4) is 0 Å². The SMILES string of the molecule is Cn1nc(C(=O)Nc2ccc(Cl)c(Cl)c2)cc1-c1ccc(F)cc1. The van der Waals surface area contributed by atoms with Crippen LogP contribution in [-0.4, -0.2) is 15.7 Å². The summed E-state index contributed by atoms with van der Waals surface area (Å²) in [6.07, 6.45) is 0. The average molecular weight is 364 g/mol. The summed E-state index contributed by atoms with van der Waals surface area (Å²) in [4.78, 5) is 12.3. The number of halogens is 3. The Kier molecular flexibility index (Phi) is 4.55. The topological polar surface area (TPSA) is 46.9 Å². The van der Waals surface area contributed by atoms with Gasteiger partial charge in [0.1, 0.15) is 5.82 Å². The third-order valence-electron chi connectivity index (χ3n) is 3.43. The molecule has 7 heteroatoms. The normalized spacial score (nSPS) is 10.7. The fourth-order valence-electron chi connectivity index (χ4n) is 2.24. The zero-order valence-corrected chi connectivity index (χ0v) is 14.1. The first-order valence-corrected chi connectivity index (χ1v) is 7.76. The van der Waals surface area contributed by atoms with Crippen molar-refractivity contribution in [3.63, 3.8) is 0 Å². The number of carbonyl (C=O) groups is 1. The molecule has 122 valence electrons. The Morgan fingerprint density at radius 1 is 1.08 bits per heavy atom. The van der Waals surface area contributed by atoms with Gasteiger partial charge in [0, 0.05) is 12.7 Å². The van der Waals surface area contributed by atoms with Crippen LogP contribution in [-0.2, 0) is 7.05 Å². The highest BCUT2D eigenvalue weighted by atomic mass is 35.5. The highest BCUT2D eigenvalue weighted by Crippen LogP contribution is 2.26. The van der Waals surface area contributed by atoms with Crippen LogP contribution in [0.5, 0.6) is 0 Å². The summed E-state index contributed by atoms with van der Waals surface area (Å²) in [5, 5.41) is 7.66. The van der Waals surface area contributed by atoms with Crippen LogP contribution in [0.4, 0.5) is 10.1 Å². The number of nitrogens with zero attached hydrogens (tertiary/aromatic N) is 2. The van der Waals surface area contributed by atoms with Gasteiger partial charge in [0.15, 0.2) is 5.69 Å². The van der Waals surface area contributed by atoms with E-state index in [9.17, 15) is 9.18 Å². The molecule has 0 saturated heterocycles. The molecule has 0 fully saturated rings. The molecule has 0 aliphatic carbocycles. The van der Waals surface area contributed by atoms with Crippen molar-refractivity contribution in [2.45, 2.75) is 0 Å². The molecule has 4 nitrogen and oxygen atoms in total. The zero-order valence-electron chi connectivity index (χ0n) is 12.6. The fraction of sp³-hybridized carbons (Fsp3) is 0.0588. The molecule has 3 rings (SSSR count). The predicted molar refractivity (Wildman–Crippen MR) is 93.0 cm³/mol. The molecular formula is C17H12Cl2FN3O. The fourth-order valence-corrected chi connectivity index (χ4v) is 2.54. The van der Waals surface area contributed by atoms with E-state index in [4.69, 9.17) is 23.2 Å². The monoisotopic (exact) mass is 363 g/mol. The van der Waals surface area contributed by atoms with Crippen molar-refractivity contribution >= 4 is 34.8 Å². The second kappa shape index (κ2) is 6.63. The van der Waals surface area contributed by atoms with Crippen LogP contribution in [0.2, 0.25) is 10.0 Å². The molecule has 3 aromatic rings. The number of benzene rings is 2. The van der Waals surface area contributed by atoms with Gasteiger partial charge < -0.3 is 5.32 Å². The van der Waals surface area contributed by atoms with Gasteiger partial charge in [-0.2, -0.15) is 5.10 Å². The second-order valence-electron chi connectivity index (χ2n) is 5.13. The summed E-state index contributed by atoms with van der Waals surface area (Å²) in [7, 11) is 1.72. The molecule has 0 bridgehead atoms. The number of nitrogens with one attached hydrogen (secondary N) is 1. The summed E-state index contributed by atoms with van der Waals surface area (Å²) in [5.74, 6) is -0.698. The van der Waals surface area contributed by atoms with Crippen molar-refractivity contribution in [2.75, 3.05) is 5.32 Å². The van der Waals surface area contributed by atoms with Crippen molar-refractivity contribution in [1.29, 1.82) is 0 Å². The molecular weight excluding hydrogens is 352 g/mol. The molecule has 1 N–H and O–H groups in total. The lowest BCUT2D eigenvalue weighted by Gasteiger charge is -2.04. The van der Waals surface area contributed by atoms with Crippen molar-refractivity contribution in [3.8, 4) is 11.3 Å². The van der Waals surface area contributed by atoms with E-state index in [0.29, 0.717) is 21.4 Å². The minimum Gasteiger partial charge on any atom is -0.321 e. The molecule has 0 spiro atoms. The van der Waals surface area contributed by atoms with Crippen LogP contribution in [0.1, 0.15) is 10.5 Å². The summed E-state index contributed by atoms with van der Waals surface area (Å²) in [5.41, 5.74) is 2.22. The van der Waals surface area contributed by atoms with Gasteiger partial charge in [0.2, 0.25) is 0 Å². The smallest absolute Gasteiger partial charge is 0.276 e. The molecule has 1 amide bonds. The van der Waals surface area contributed by atoms with Gasteiger partial charge in [-0.25, -0.2) is 4.39 Å². The van der Waals surface area contributed by atoms with Crippen molar-refractivity contribution in [1.82, 2.24) is 9.78 Å². The lowest BCUT2D eigenvalue weighted by Crippen LogP contribution is -2.12. The molecule has 0 aliphatic heterocycles. The minimum atomic E-state index is -0.377. The van der Waals surface area contributed by atoms with E-state index in [1.807, 2.05) is 0 Å². The number of hydrogen-bond acceptors (Lipinski definition) is 2. The number of amides is 1. The van der Waals surface area contributed by atoms with E-state index in [0.717, 1.165) is 5.56 Å². The van der Waals surface area contributed by atoms with Crippen molar-refractivity contribution < 1.29 is 9.18 Å². The number of aromatic nitrogens is 2. The lowest BCUT2D eigenvalue weighted by atomic mass is 10.1. The number of carbonyl (C=O) groups excluding carboxylic acids is 1. The Hall–Kier alpha value is -2.37. The van der Waals surface area contributed by atoms with Crippen LogP contribution >= 0.6 is 23.2 Å². The Bertz CT molecular complexity index is 907. The van der Waals surface area contributed by atoms with Gasteiger partial charge in [-0.05, 0) is 54.1 Å². The van der Waals surface area contributed by atoms with Crippen molar-refractivity contribution in [3.05, 3.63) is 70.1 Å². The molecule has 2 aromatic carbocycles. The van der Waals surface area contributed by atoms with Crippen LogP contribution in [0.25, 0.3) is 11.3 Å². The first kappa shape index (κ1) is 16.5. The summed E-state index contributed by atoms with van der Waals surface area (Å²) >= 11 is 11.8. The van der Waals surface area contributed by atoms with Crippen LogP contribution < -0.4 is 5.32 Å². The first-order valence-electron chi connectivity index (χ1n) is 7.00.